The van der Waals surface area contributed by atoms with Crippen LogP contribution >= 0.6 is 15.9 Å². The third kappa shape index (κ3) is 2.75. The maximum absolute atomic E-state index is 12.4. The minimum Gasteiger partial charge on any atom is -0.354 e. The van der Waals surface area contributed by atoms with E-state index < -0.39 is 0 Å². The maximum atomic E-state index is 12.4. The largest absolute Gasteiger partial charge is 0.354 e. The lowest BCUT2D eigenvalue weighted by molar-refractivity contribution is -0.121. The number of halogens is 1. The number of nitrogens with zero attached hydrogens (tertiary/aromatic N) is 2. The van der Waals surface area contributed by atoms with Gasteiger partial charge < -0.3 is 14.8 Å². The summed E-state index contributed by atoms with van der Waals surface area (Å²) in [7, 11) is 0. The molecule has 2 amide bonds. The highest BCUT2D eigenvalue weighted by molar-refractivity contribution is 9.10. The Hall–Kier alpha value is -1.30. The van der Waals surface area contributed by atoms with Crippen LogP contribution in [0.3, 0.4) is 0 Å². The Balaban J connectivity index is 2.21. The molecule has 1 aromatic rings. The van der Waals surface area contributed by atoms with Crippen LogP contribution in [0.5, 0.6) is 0 Å². The van der Waals surface area contributed by atoms with Crippen molar-refractivity contribution < 1.29 is 9.59 Å². The maximum Gasteiger partial charge on any atom is 0.270 e. The molecule has 1 fully saturated rings. The first-order valence-corrected chi connectivity index (χ1v) is 6.82. The van der Waals surface area contributed by atoms with Gasteiger partial charge in [0.1, 0.15) is 5.69 Å². The van der Waals surface area contributed by atoms with Crippen molar-refractivity contribution in [2.75, 3.05) is 19.6 Å². The molecule has 0 aromatic carbocycles. The standard InChI is InChI=1S/C12H16BrN3O2/c1-2-15-7-9(13)6-10(15)12(18)16-5-3-4-14-11(17)8-16/h6-7H,2-5,8H2,1H3,(H,14,17). The molecule has 0 bridgehead atoms. The van der Waals surface area contributed by atoms with Crippen molar-refractivity contribution in [3.8, 4) is 0 Å². The zero-order chi connectivity index (χ0) is 13.1. The number of carbonyl (C=O) groups is 2. The summed E-state index contributed by atoms with van der Waals surface area (Å²) in [6.45, 7) is 4.11. The van der Waals surface area contributed by atoms with Crippen LogP contribution in [-0.2, 0) is 11.3 Å². The molecule has 1 N–H and O–H groups in total. The Kier molecular flexibility index (Phi) is 4.06. The van der Waals surface area contributed by atoms with Crippen molar-refractivity contribution in [2.45, 2.75) is 19.9 Å². The molecule has 2 heterocycles. The molecule has 6 heteroatoms. The molecule has 0 unspecified atom stereocenters. The Morgan fingerprint density at radius 2 is 2.33 bits per heavy atom. The van der Waals surface area contributed by atoms with Crippen molar-refractivity contribution in [1.29, 1.82) is 0 Å². The Bertz CT molecular complexity index is 470. The first-order chi connectivity index (χ1) is 8.61. The Labute approximate surface area is 114 Å². The number of aromatic nitrogens is 1. The molecule has 0 aliphatic carbocycles. The molecular weight excluding hydrogens is 298 g/mol. The molecule has 5 nitrogen and oxygen atoms in total. The summed E-state index contributed by atoms with van der Waals surface area (Å²) in [5.74, 6) is -0.172. The van der Waals surface area contributed by atoms with Gasteiger partial charge >= 0.3 is 0 Å². The average Bonchev–Trinajstić information content (AvgIpc) is 2.59. The van der Waals surface area contributed by atoms with Gasteiger partial charge in [-0.15, -0.1) is 0 Å². The number of aryl methyl sites for hydroxylation is 1. The lowest BCUT2D eigenvalue weighted by Crippen LogP contribution is -2.38. The summed E-state index contributed by atoms with van der Waals surface area (Å²) >= 11 is 3.37. The topological polar surface area (TPSA) is 54.3 Å². The number of hydrogen-bond donors (Lipinski definition) is 1. The molecule has 98 valence electrons. The molecule has 0 spiro atoms. The predicted molar refractivity (Wildman–Crippen MR) is 71.3 cm³/mol. The number of hydrogen-bond acceptors (Lipinski definition) is 2. The smallest absolute Gasteiger partial charge is 0.270 e. The lowest BCUT2D eigenvalue weighted by Gasteiger charge is -2.19. The Morgan fingerprint density at radius 3 is 3.06 bits per heavy atom. The van der Waals surface area contributed by atoms with Gasteiger partial charge in [0.05, 0.1) is 6.54 Å². The fourth-order valence-corrected chi connectivity index (χ4v) is 2.52. The molecule has 1 aliphatic heterocycles. The van der Waals surface area contributed by atoms with Gasteiger partial charge in [-0.1, -0.05) is 0 Å². The van der Waals surface area contributed by atoms with E-state index in [9.17, 15) is 9.59 Å². The molecule has 2 rings (SSSR count). The van der Waals surface area contributed by atoms with E-state index in [0.29, 0.717) is 18.8 Å². The van der Waals surface area contributed by atoms with Crippen LogP contribution < -0.4 is 5.32 Å². The highest BCUT2D eigenvalue weighted by Crippen LogP contribution is 2.17. The molecule has 0 atom stereocenters. The molecule has 1 aliphatic rings. The molecule has 0 radical (unpaired) electrons. The summed E-state index contributed by atoms with van der Waals surface area (Å²) < 4.78 is 2.77. The van der Waals surface area contributed by atoms with E-state index in [0.717, 1.165) is 17.4 Å². The van der Waals surface area contributed by atoms with Crippen molar-refractivity contribution in [1.82, 2.24) is 14.8 Å². The van der Waals surface area contributed by atoms with Gasteiger partial charge in [0, 0.05) is 30.3 Å². The number of amides is 2. The van der Waals surface area contributed by atoms with E-state index >= 15 is 0 Å². The lowest BCUT2D eigenvalue weighted by atomic mass is 10.3. The quantitative estimate of drug-likeness (QED) is 0.893. The first-order valence-electron chi connectivity index (χ1n) is 6.03. The van der Waals surface area contributed by atoms with Crippen molar-refractivity contribution >= 4 is 27.7 Å². The van der Waals surface area contributed by atoms with E-state index in [1.54, 1.807) is 11.0 Å². The van der Waals surface area contributed by atoms with Gasteiger partial charge in [-0.05, 0) is 35.3 Å². The first kappa shape index (κ1) is 13.1. The minimum absolute atomic E-state index is 0.0837. The SMILES string of the molecule is CCn1cc(Br)cc1C(=O)N1CCCNC(=O)C1. The van der Waals surface area contributed by atoms with Crippen LogP contribution in [0.2, 0.25) is 0 Å². The summed E-state index contributed by atoms with van der Waals surface area (Å²) in [5, 5.41) is 2.77. The summed E-state index contributed by atoms with van der Waals surface area (Å²) in [5.41, 5.74) is 0.624. The highest BCUT2D eigenvalue weighted by Gasteiger charge is 2.23. The van der Waals surface area contributed by atoms with Gasteiger partial charge in [-0.25, -0.2) is 0 Å². The van der Waals surface area contributed by atoms with Crippen LogP contribution in [0.4, 0.5) is 0 Å². The average molecular weight is 314 g/mol. The zero-order valence-corrected chi connectivity index (χ0v) is 11.9. The molecule has 0 saturated carbocycles. The van der Waals surface area contributed by atoms with Gasteiger partial charge in [0.2, 0.25) is 5.91 Å². The summed E-state index contributed by atoms with van der Waals surface area (Å²) in [4.78, 5) is 25.5. The Morgan fingerprint density at radius 1 is 1.56 bits per heavy atom. The van der Waals surface area contributed by atoms with Gasteiger partial charge in [-0.2, -0.15) is 0 Å². The van der Waals surface area contributed by atoms with Crippen LogP contribution in [0.25, 0.3) is 0 Å². The fraction of sp³-hybridized carbons (Fsp3) is 0.500. The molecular formula is C12H16BrN3O2. The van der Waals surface area contributed by atoms with E-state index in [1.807, 2.05) is 17.7 Å². The predicted octanol–water partition coefficient (Wildman–Crippen LogP) is 1.23. The van der Waals surface area contributed by atoms with Crippen molar-refractivity contribution in [3.63, 3.8) is 0 Å². The second-order valence-corrected chi connectivity index (χ2v) is 5.18. The van der Waals surface area contributed by atoms with E-state index in [1.165, 1.54) is 0 Å². The fourth-order valence-electron chi connectivity index (χ4n) is 2.06. The second kappa shape index (κ2) is 5.56. The minimum atomic E-state index is -0.0884. The van der Waals surface area contributed by atoms with E-state index in [2.05, 4.69) is 21.2 Å². The highest BCUT2D eigenvalue weighted by atomic mass is 79.9. The monoisotopic (exact) mass is 313 g/mol. The zero-order valence-electron chi connectivity index (χ0n) is 10.3. The third-order valence-corrected chi connectivity index (χ3v) is 3.41. The van der Waals surface area contributed by atoms with E-state index in [4.69, 9.17) is 0 Å². The summed E-state index contributed by atoms with van der Waals surface area (Å²) in [6, 6.07) is 1.80. The number of rotatable bonds is 2. The molecule has 18 heavy (non-hydrogen) atoms. The number of nitrogens with one attached hydrogen (secondary N) is 1. The van der Waals surface area contributed by atoms with E-state index in [-0.39, 0.29) is 18.4 Å². The van der Waals surface area contributed by atoms with Crippen LogP contribution in [0.15, 0.2) is 16.7 Å². The summed E-state index contributed by atoms with van der Waals surface area (Å²) in [6.07, 6.45) is 2.68. The normalized spacial score (nSPS) is 16.3. The van der Waals surface area contributed by atoms with Crippen LogP contribution in [0, 0.1) is 0 Å². The van der Waals surface area contributed by atoms with Gasteiger partial charge in [-0.3, -0.25) is 9.59 Å². The van der Waals surface area contributed by atoms with Crippen molar-refractivity contribution in [3.05, 3.63) is 22.4 Å². The number of carbonyl (C=O) groups excluding carboxylic acids is 2. The van der Waals surface area contributed by atoms with Crippen LogP contribution in [-0.4, -0.2) is 40.9 Å². The molecule has 1 saturated heterocycles. The van der Waals surface area contributed by atoms with Crippen molar-refractivity contribution in [2.24, 2.45) is 0 Å². The van der Waals surface area contributed by atoms with Gasteiger partial charge in [0.15, 0.2) is 0 Å². The van der Waals surface area contributed by atoms with Crippen LogP contribution in [0.1, 0.15) is 23.8 Å². The second-order valence-electron chi connectivity index (χ2n) is 4.26. The van der Waals surface area contributed by atoms with Gasteiger partial charge in [0.25, 0.3) is 5.91 Å². The molecule has 1 aromatic heterocycles. The third-order valence-electron chi connectivity index (χ3n) is 2.97.